The molecule has 110 valence electrons. The molecule has 0 atom stereocenters. The largest absolute Gasteiger partial charge is 0.506 e. The Kier molecular flexibility index (Phi) is 5.11. The van der Waals surface area contributed by atoms with Crippen LogP contribution in [-0.4, -0.2) is 23.2 Å². The van der Waals surface area contributed by atoms with E-state index in [2.05, 4.69) is 34.0 Å². The third kappa shape index (κ3) is 3.92. The van der Waals surface area contributed by atoms with Gasteiger partial charge >= 0.3 is 0 Å². The van der Waals surface area contributed by atoms with Crippen molar-refractivity contribution < 1.29 is 5.11 Å². The second-order valence-corrected chi connectivity index (χ2v) is 4.84. The Morgan fingerprint density at radius 2 is 1.90 bits per heavy atom. The van der Waals surface area contributed by atoms with Crippen molar-refractivity contribution >= 4 is 28.7 Å². The summed E-state index contributed by atoms with van der Waals surface area (Å²) in [5, 5.41) is 18.6. The lowest BCUT2D eigenvalue weighted by molar-refractivity contribution is 0.476. The molecule has 0 amide bonds. The summed E-state index contributed by atoms with van der Waals surface area (Å²) in [6.07, 6.45) is 3.08. The van der Waals surface area contributed by atoms with E-state index in [-0.39, 0.29) is 5.75 Å². The zero-order chi connectivity index (χ0) is 15.2. The van der Waals surface area contributed by atoms with Crippen LogP contribution in [0.3, 0.4) is 0 Å². The number of phenols is 1. The molecule has 0 bridgehead atoms. The van der Waals surface area contributed by atoms with Crippen LogP contribution in [0.25, 0.3) is 0 Å². The van der Waals surface area contributed by atoms with Gasteiger partial charge in [-0.15, -0.1) is 10.2 Å². The Balaban J connectivity index is 2.21. The summed E-state index contributed by atoms with van der Waals surface area (Å²) >= 11 is 5.83. The topological polar surface area (TPSA) is 61.1 Å². The third-order valence-corrected chi connectivity index (χ3v) is 3.26. The van der Waals surface area contributed by atoms with Crippen molar-refractivity contribution in [3.63, 3.8) is 0 Å². The summed E-state index contributed by atoms with van der Waals surface area (Å²) in [4.78, 5) is 6.06. The van der Waals surface area contributed by atoms with Crippen LogP contribution in [0.2, 0.25) is 5.02 Å². The van der Waals surface area contributed by atoms with Crippen LogP contribution in [0, 0.1) is 0 Å². The number of nitrogens with zero attached hydrogens (tertiary/aromatic N) is 4. The monoisotopic (exact) mass is 304 g/mol. The van der Waals surface area contributed by atoms with Gasteiger partial charge in [-0.25, -0.2) is 0 Å². The highest BCUT2D eigenvalue weighted by molar-refractivity contribution is 6.30. The zero-order valence-electron chi connectivity index (χ0n) is 12.0. The summed E-state index contributed by atoms with van der Waals surface area (Å²) in [7, 11) is 0. The van der Waals surface area contributed by atoms with Crippen molar-refractivity contribution in [3.8, 4) is 5.75 Å². The van der Waals surface area contributed by atoms with E-state index in [1.54, 1.807) is 24.4 Å². The molecule has 21 heavy (non-hydrogen) atoms. The molecule has 2 rings (SSSR count). The van der Waals surface area contributed by atoms with Crippen molar-refractivity contribution in [1.82, 2.24) is 4.98 Å². The first kappa shape index (κ1) is 15.3. The van der Waals surface area contributed by atoms with Crippen LogP contribution in [0.1, 0.15) is 13.8 Å². The van der Waals surface area contributed by atoms with Gasteiger partial charge in [0.25, 0.3) is 0 Å². The number of aromatic nitrogens is 1. The van der Waals surface area contributed by atoms with Crippen LogP contribution in [0.15, 0.2) is 46.9 Å². The number of aromatic hydroxyl groups is 1. The molecule has 1 N–H and O–H groups in total. The molecule has 2 aromatic rings. The highest BCUT2D eigenvalue weighted by Gasteiger charge is 2.06. The second-order valence-electron chi connectivity index (χ2n) is 4.41. The smallest absolute Gasteiger partial charge is 0.145 e. The highest BCUT2D eigenvalue weighted by Crippen LogP contribution is 2.32. The average Bonchev–Trinajstić information content (AvgIpc) is 2.48. The maximum Gasteiger partial charge on any atom is 0.145 e. The standard InChI is InChI=1S/C15H17ClN4O/c1-3-20(4-2)13-5-6-14(15(21)8-13)19-18-12-7-11(16)9-17-10-12/h5-10,21H,3-4H2,1-2H3. The van der Waals surface area contributed by atoms with Crippen molar-refractivity contribution in [2.75, 3.05) is 18.0 Å². The van der Waals surface area contributed by atoms with Crippen molar-refractivity contribution in [1.29, 1.82) is 0 Å². The fourth-order valence-electron chi connectivity index (χ4n) is 1.95. The number of phenolic OH excluding ortho intramolecular Hbond substituents is 1. The Labute approximate surface area is 128 Å². The lowest BCUT2D eigenvalue weighted by Crippen LogP contribution is -2.21. The molecule has 6 heteroatoms. The van der Waals surface area contributed by atoms with E-state index < -0.39 is 0 Å². The maximum atomic E-state index is 10.0. The van der Waals surface area contributed by atoms with Gasteiger partial charge < -0.3 is 10.0 Å². The van der Waals surface area contributed by atoms with E-state index in [9.17, 15) is 5.11 Å². The first-order valence-corrected chi connectivity index (χ1v) is 7.12. The predicted octanol–water partition coefficient (Wildman–Crippen LogP) is 4.70. The molecule has 0 spiro atoms. The lowest BCUT2D eigenvalue weighted by Gasteiger charge is -2.21. The minimum Gasteiger partial charge on any atom is -0.506 e. The molecule has 0 fully saturated rings. The number of benzene rings is 1. The number of hydrogen-bond donors (Lipinski definition) is 1. The molecule has 0 aliphatic carbocycles. The molecule has 0 saturated heterocycles. The second kappa shape index (κ2) is 7.04. The quantitative estimate of drug-likeness (QED) is 0.814. The zero-order valence-corrected chi connectivity index (χ0v) is 12.7. The van der Waals surface area contributed by atoms with E-state index in [0.717, 1.165) is 18.8 Å². The minimum absolute atomic E-state index is 0.0955. The molecule has 0 unspecified atom stereocenters. The molecule has 1 heterocycles. The first-order valence-electron chi connectivity index (χ1n) is 6.74. The first-order chi connectivity index (χ1) is 10.1. The fraction of sp³-hybridized carbons (Fsp3) is 0.267. The van der Waals surface area contributed by atoms with E-state index in [4.69, 9.17) is 11.6 Å². The molecule has 0 saturated carbocycles. The van der Waals surface area contributed by atoms with Gasteiger partial charge in [-0.1, -0.05) is 11.6 Å². The molecule has 1 aromatic heterocycles. The molecule has 5 nitrogen and oxygen atoms in total. The van der Waals surface area contributed by atoms with Crippen LogP contribution >= 0.6 is 11.6 Å². The number of rotatable bonds is 5. The van der Waals surface area contributed by atoms with E-state index in [0.29, 0.717) is 16.4 Å². The van der Waals surface area contributed by atoms with Crippen molar-refractivity contribution in [3.05, 3.63) is 41.7 Å². The SMILES string of the molecule is CCN(CC)c1ccc(N=Nc2cncc(Cl)c2)c(O)c1. The number of pyridine rings is 1. The Bertz CT molecular complexity index is 641. The molecular weight excluding hydrogens is 288 g/mol. The number of halogens is 1. The minimum atomic E-state index is 0.0955. The van der Waals surface area contributed by atoms with Gasteiger partial charge in [0.15, 0.2) is 0 Å². The summed E-state index contributed by atoms with van der Waals surface area (Å²) in [5.41, 5.74) is 1.90. The predicted molar refractivity (Wildman–Crippen MR) is 85.1 cm³/mol. The number of anilines is 1. The summed E-state index contributed by atoms with van der Waals surface area (Å²) in [5.74, 6) is 0.0955. The number of hydrogen-bond acceptors (Lipinski definition) is 5. The van der Waals surface area contributed by atoms with Crippen LogP contribution in [0.5, 0.6) is 5.75 Å². The highest BCUT2D eigenvalue weighted by atomic mass is 35.5. The van der Waals surface area contributed by atoms with Gasteiger partial charge in [-0.3, -0.25) is 4.98 Å². The lowest BCUT2D eigenvalue weighted by atomic mass is 10.2. The van der Waals surface area contributed by atoms with Gasteiger partial charge in [0.2, 0.25) is 0 Å². The van der Waals surface area contributed by atoms with E-state index >= 15 is 0 Å². The average molecular weight is 305 g/mol. The van der Waals surface area contributed by atoms with E-state index in [1.807, 2.05) is 6.07 Å². The van der Waals surface area contributed by atoms with Crippen LogP contribution in [-0.2, 0) is 0 Å². The van der Waals surface area contributed by atoms with Gasteiger partial charge in [0.1, 0.15) is 17.1 Å². The maximum absolute atomic E-state index is 10.0. The molecular formula is C15H17ClN4O. The van der Waals surface area contributed by atoms with E-state index in [1.165, 1.54) is 6.20 Å². The van der Waals surface area contributed by atoms with Crippen LogP contribution in [0.4, 0.5) is 17.1 Å². The van der Waals surface area contributed by atoms with Crippen molar-refractivity contribution in [2.45, 2.75) is 13.8 Å². The summed E-state index contributed by atoms with van der Waals surface area (Å²) < 4.78 is 0. The van der Waals surface area contributed by atoms with Crippen LogP contribution < -0.4 is 4.90 Å². The Morgan fingerprint density at radius 1 is 1.14 bits per heavy atom. The van der Waals surface area contributed by atoms with Gasteiger partial charge in [0, 0.05) is 31.0 Å². The Hall–Kier alpha value is -2.14. The summed E-state index contributed by atoms with van der Waals surface area (Å²) in [6, 6.07) is 7.00. The molecule has 0 aliphatic heterocycles. The molecule has 1 aromatic carbocycles. The summed E-state index contributed by atoms with van der Waals surface area (Å²) in [6.45, 7) is 5.90. The third-order valence-electron chi connectivity index (χ3n) is 3.05. The normalized spacial score (nSPS) is 11.0. The number of azo groups is 1. The fourth-order valence-corrected chi connectivity index (χ4v) is 2.12. The van der Waals surface area contributed by atoms with Gasteiger partial charge in [0.05, 0.1) is 11.2 Å². The molecule has 0 radical (unpaired) electrons. The van der Waals surface area contributed by atoms with Gasteiger partial charge in [-0.2, -0.15) is 0 Å². The Morgan fingerprint density at radius 3 is 2.52 bits per heavy atom. The van der Waals surface area contributed by atoms with Gasteiger partial charge in [-0.05, 0) is 32.0 Å². The van der Waals surface area contributed by atoms with Crippen molar-refractivity contribution in [2.24, 2.45) is 10.2 Å². The molecule has 0 aliphatic rings.